The van der Waals surface area contributed by atoms with E-state index in [2.05, 4.69) is 4.90 Å². The predicted octanol–water partition coefficient (Wildman–Crippen LogP) is 4.56. The van der Waals surface area contributed by atoms with E-state index in [1.807, 2.05) is 72.8 Å². The molecule has 0 saturated heterocycles. The Bertz CT molecular complexity index is 834. The van der Waals surface area contributed by atoms with Crippen molar-refractivity contribution in [3.63, 3.8) is 0 Å². The smallest absolute Gasteiger partial charge is 0.175 e. The second-order valence-electron chi connectivity index (χ2n) is 5.27. The van der Waals surface area contributed by atoms with Gasteiger partial charge in [-0.1, -0.05) is 36.4 Å². The van der Waals surface area contributed by atoms with Gasteiger partial charge in [0.15, 0.2) is 9.84 Å². The molecule has 0 radical (unpaired) electrons. The lowest BCUT2D eigenvalue weighted by Crippen LogP contribution is -2.09. The Morgan fingerprint density at radius 1 is 0.609 bits per heavy atom. The molecule has 0 atom stereocenters. The number of benzene rings is 3. The highest BCUT2D eigenvalue weighted by Gasteiger charge is 2.13. The van der Waals surface area contributed by atoms with Crippen LogP contribution in [0.1, 0.15) is 0 Å². The van der Waals surface area contributed by atoms with Gasteiger partial charge < -0.3 is 4.90 Å². The minimum Gasteiger partial charge on any atom is -0.311 e. The highest BCUT2D eigenvalue weighted by molar-refractivity contribution is 7.90. The lowest BCUT2D eigenvalue weighted by atomic mass is 10.2. The van der Waals surface area contributed by atoms with E-state index >= 15 is 0 Å². The van der Waals surface area contributed by atoms with Crippen LogP contribution in [-0.2, 0) is 9.84 Å². The third-order valence-electron chi connectivity index (χ3n) is 3.55. The molecule has 0 aromatic heterocycles. The molecule has 116 valence electrons. The molecule has 0 heterocycles. The van der Waals surface area contributed by atoms with E-state index in [9.17, 15) is 8.42 Å². The average molecular weight is 323 g/mol. The first kappa shape index (κ1) is 15.3. The quantitative estimate of drug-likeness (QED) is 0.706. The van der Waals surface area contributed by atoms with Crippen molar-refractivity contribution in [1.82, 2.24) is 0 Å². The van der Waals surface area contributed by atoms with Gasteiger partial charge in [-0.2, -0.15) is 0 Å². The van der Waals surface area contributed by atoms with Crippen molar-refractivity contribution in [3.8, 4) is 0 Å². The number of sulfone groups is 1. The molecular formula is C19H17NO2S. The fourth-order valence-corrected chi connectivity index (χ4v) is 3.07. The summed E-state index contributed by atoms with van der Waals surface area (Å²) in [5.74, 6) is 0. The van der Waals surface area contributed by atoms with Gasteiger partial charge in [-0.25, -0.2) is 8.42 Å². The molecule has 0 aliphatic carbocycles. The largest absolute Gasteiger partial charge is 0.311 e. The number of nitrogens with zero attached hydrogens (tertiary/aromatic N) is 1. The highest BCUT2D eigenvalue weighted by Crippen LogP contribution is 2.34. The first-order valence-electron chi connectivity index (χ1n) is 7.26. The molecule has 0 fully saturated rings. The Morgan fingerprint density at radius 3 is 1.39 bits per heavy atom. The summed E-state index contributed by atoms with van der Waals surface area (Å²) in [6.07, 6.45) is 1.22. The molecule has 0 saturated carbocycles. The van der Waals surface area contributed by atoms with Crippen LogP contribution < -0.4 is 4.90 Å². The van der Waals surface area contributed by atoms with Crippen molar-refractivity contribution in [2.24, 2.45) is 0 Å². The van der Waals surface area contributed by atoms with Crippen LogP contribution in [0.4, 0.5) is 17.1 Å². The molecule has 0 amide bonds. The van der Waals surface area contributed by atoms with Crippen LogP contribution in [0, 0.1) is 0 Å². The van der Waals surface area contributed by atoms with Crippen LogP contribution in [-0.4, -0.2) is 14.7 Å². The molecule has 23 heavy (non-hydrogen) atoms. The van der Waals surface area contributed by atoms with Crippen LogP contribution in [0.15, 0.2) is 89.8 Å². The summed E-state index contributed by atoms with van der Waals surface area (Å²) >= 11 is 0. The Hall–Kier alpha value is -2.59. The van der Waals surface area contributed by atoms with Crippen LogP contribution in [0.25, 0.3) is 0 Å². The molecule has 3 rings (SSSR count). The molecular weight excluding hydrogens is 306 g/mol. The fraction of sp³-hybridized carbons (Fsp3) is 0.0526. The zero-order valence-electron chi connectivity index (χ0n) is 12.8. The number of anilines is 3. The zero-order valence-corrected chi connectivity index (χ0v) is 13.6. The van der Waals surface area contributed by atoms with Crippen molar-refractivity contribution in [1.29, 1.82) is 0 Å². The minimum absolute atomic E-state index is 0.322. The molecule has 0 aliphatic rings. The minimum atomic E-state index is -3.19. The summed E-state index contributed by atoms with van der Waals surface area (Å²) in [4.78, 5) is 2.41. The summed E-state index contributed by atoms with van der Waals surface area (Å²) in [6.45, 7) is 0. The second-order valence-corrected chi connectivity index (χ2v) is 7.29. The Balaban J connectivity index is 2.09. The monoisotopic (exact) mass is 323 g/mol. The molecule has 0 unspecified atom stereocenters. The first-order valence-corrected chi connectivity index (χ1v) is 9.15. The van der Waals surface area contributed by atoms with Crippen molar-refractivity contribution < 1.29 is 8.42 Å². The first-order chi connectivity index (χ1) is 11.1. The van der Waals surface area contributed by atoms with Gasteiger partial charge in [-0.05, 0) is 48.5 Å². The topological polar surface area (TPSA) is 37.4 Å². The van der Waals surface area contributed by atoms with Gasteiger partial charge in [0, 0.05) is 23.3 Å². The number of rotatable bonds is 4. The summed E-state index contributed by atoms with van der Waals surface area (Å²) in [6, 6.07) is 26.9. The van der Waals surface area contributed by atoms with Crippen molar-refractivity contribution >= 4 is 26.9 Å². The van der Waals surface area contributed by atoms with Gasteiger partial charge in [-0.15, -0.1) is 0 Å². The maximum Gasteiger partial charge on any atom is 0.175 e. The molecule has 4 heteroatoms. The highest BCUT2D eigenvalue weighted by atomic mass is 32.2. The van der Waals surface area contributed by atoms with Gasteiger partial charge in [0.25, 0.3) is 0 Å². The second kappa shape index (κ2) is 6.26. The Labute approximate surface area is 136 Å². The van der Waals surface area contributed by atoms with Gasteiger partial charge in [0.1, 0.15) is 0 Å². The third kappa shape index (κ3) is 3.43. The zero-order chi connectivity index (χ0) is 16.3. The third-order valence-corrected chi connectivity index (χ3v) is 4.68. The normalized spacial score (nSPS) is 11.2. The number of hydrogen-bond donors (Lipinski definition) is 0. The van der Waals surface area contributed by atoms with Gasteiger partial charge in [0.2, 0.25) is 0 Å². The number of hydrogen-bond acceptors (Lipinski definition) is 3. The molecule has 0 bridgehead atoms. The van der Waals surface area contributed by atoms with Crippen molar-refractivity contribution in [2.75, 3.05) is 11.2 Å². The van der Waals surface area contributed by atoms with E-state index in [0.29, 0.717) is 4.90 Å². The molecule has 0 N–H and O–H groups in total. The summed E-state index contributed by atoms with van der Waals surface area (Å²) in [7, 11) is -3.19. The van der Waals surface area contributed by atoms with Crippen LogP contribution in [0.5, 0.6) is 0 Å². The van der Waals surface area contributed by atoms with E-state index < -0.39 is 9.84 Å². The van der Waals surface area contributed by atoms with Crippen molar-refractivity contribution in [3.05, 3.63) is 84.9 Å². The summed E-state index contributed by atoms with van der Waals surface area (Å²) < 4.78 is 23.3. The van der Waals surface area contributed by atoms with E-state index in [-0.39, 0.29) is 0 Å². The lowest BCUT2D eigenvalue weighted by Gasteiger charge is -2.25. The van der Waals surface area contributed by atoms with E-state index in [1.165, 1.54) is 6.26 Å². The number of para-hydroxylation sites is 2. The van der Waals surface area contributed by atoms with E-state index in [1.54, 1.807) is 12.1 Å². The average Bonchev–Trinajstić information content (AvgIpc) is 2.57. The van der Waals surface area contributed by atoms with Gasteiger partial charge >= 0.3 is 0 Å². The van der Waals surface area contributed by atoms with Crippen LogP contribution in [0.2, 0.25) is 0 Å². The van der Waals surface area contributed by atoms with Crippen molar-refractivity contribution in [2.45, 2.75) is 4.90 Å². The molecule has 0 aliphatic heterocycles. The predicted molar refractivity (Wildman–Crippen MR) is 94.2 cm³/mol. The van der Waals surface area contributed by atoms with Crippen LogP contribution in [0.3, 0.4) is 0 Å². The van der Waals surface area contributed by atoms with Crippen LogP contribution >= 0.6 is 0 Å². The Morgan fingerprint density at radius 2 is 1.00 bits per heavy atom. The SMILES string of the molecule is CS(=O)(=O)c1ccc(N(c2ccccc2)c2ccccc2)cc1. The maximum absolute atomic E-state index is 11.6. The summed E-state index contributed by atoms with van der Waals surface area (Å²) in [5.41, 5.74) is 2.95. The Kier molecular flexibility index (Phi) is 4.17. The fourth-order valence-electron chi connectivity index (χ4n) is 2.44. The van der Waals surface area contributed by atoms with Gasteiger partial charge in [0.05, 0.1) is 4.90 Å². The van der Waals surface area contributed by atoms with Gasteiger partial charge in [-0.3, -0.25) is 0 Å². The maximum atomic E-state index is 11.6. The molecule has 3 nitrogen and oxygen atoms in total. The van der Waals surface area contributed by atoms with E-state index in [4.69, 9.17) is 0 Å². The van der Waals surface area contributed by atoms with E-state index in [0.717, 1.165) is 17.1 Å². The lowest BCUT2D eigenvalue weighted by molar-refractivity contribution is 0.602. The summed E-state index contributed by atoms with van der Waals surface area (Å²) in [5, 5.41) is 0. The molecule has 0 spiro atoms. The standard InChI is InChI=1S/C19H17NO2S/c1-23(21,22)19-14-12-18(13-15-19)20(16-8-4-2-5-9-16)17-10-6-3-7-11-17/h2-15H,1H3. The molecule has 3 aromatic carbocycles. The molecule has 3 aromatic rings.